The van der Waals surface area contributed by atoms with Gasteiger partial charge in [-0.05, 0) is 117 Å². The maximum atomic E-state index is 13.5. The second kappa shape index (κ2) is 8.44. The maximum absolute atomic E-state index is 13.5. The quantitative estimate of drug-likeness (QED) is 0.519. The average molecular weight is 357 g/mol. The molecule has 26 heavy (non-hydrogen) atoms. The van der Waals surface area contributed by atoms with Crippen molar-refractivity contribution >= 4 is 0 Å². The first-order chi connectivity index (χ1) is 12.7. The van der Waals surface area contributed by atoms with Crippen molar-refractivity contribution in [3.63, 3.8) is 0 Å². The molecule has 0 saturated heterocycles. The van der Waals surface area contributed by atoms with Crippen LogP contribution in [0.3, 0.4) is 0 Å². The molecule has 3 saturated carbocycles. The SMILES string of the molecule is CC1CCC(C2CCC(C3CCC(c4cccc(F)c4)CC3)CC2)CC1. The number of hydrogen-bond donors (Lipinski definition) is 0. The molecule has 0 bridgehead atoms. The zero-order valence-electron chi connectivity index (χ0n) is 16.6. The maximum Gasteiger partial charge on any atom is 0.123 e. The summed E-state index contributed by atoms with van der Waals surface area (Å²) >= 11 is 0. The predicted octanol–water partition coefficient (Wildman–Crippen LogP) is 7.73. The fourth-order valence-electron chi connectivity index (χ4n) is 6.53. The molecule has 3 aliphatic rings. The summed E-state index contributed by atoms with van der Waals surface area (Å²) in [6.45, 7) is 2.44. The Morgan fingerprint density at radius 3 is 1.62 bits per heavy atom. The van der Waals surface area contributed by atoms with Crippen LogP contribution in [0, 0.1) is 35.4 Å². The van der Waals surface area contributed by atoms with Gasteiger partial charge in [0.15, 0.2) is 0 Å². The van der Waals surface area contributed by atoms with Crippen molar-refractivity contribution in [2.24, 2.45) is 29.6 Å². The molecule has 0 unspecified atom stereocenters. The summed E-state index contributed by atoms with van der Waals surface area (Å²) in [5.41, 5.74) is 1.23. The van der Waals surface area contributed by atoms with E-state index >= 15 is 0 Å². The second-order valence-electron chi connectivity index (χ2n) is 9.86. The Morgan fingerprint density at radius 2 is 1.12 bits per heavy atom. The molecule has 0 aromatic heterocycles. The van der Waals surface area contributed by atoms with E-state index < -0.39 is 0 Å². The summed E-state index contributed by atoms with van der Waals surface area (Å²) in [6, 6.07) is 7.34. The van der Waals surface area contributed by atoms with Crippen molar-refractivity contribution in [1.29, 1.82) is 0 Å². The minimum Gasteiger partial charge on any atom is -0.207 e. The van der Waals surface area contributed by atoms with Gasteiger partial charge in [-0.1, -0.05) is 31.9 Å². The van der Waals surface area contributed by atoms with Gasteiger partial charge >= 0.3 is 0 Å². The van der Waals surface area contributed by atoms with Crippen LogP contribution in [0.2, 0.25) is 0 Å². The lowest BCUT2D eigenvalue weighted by atomic mass is 9.65. The first-order valence-corrected chi connectivity index (χ1v) is 11.4. The summed E-state index contributed by atoms with van der Waals surface area (Å²) in [5, 5.41) is 0. The lowest BCUT2D eigenvalue weighted by Crippen LogP contribution is -2.29. The van der Waals surface area contributed by atoms with E-state index in [0.29, 0.717) is 5.92 Å². The number of benzene rings is 1. The van der Waals surface area contributed by atoms with Crippen molar-refractivity contribution in [2.75, 3.05) is 0 Å². The molecule has 0 nitrogen and oxygen atoms in total. The fraction of sp³-hybridized carbons (Fsp3) is 0.760. The molecule has 0 aliphatic heterocycles. The fourth-order valence-corrected chi connectivity index (χ4v) is 6.53. The molecular weight excluding hydrogens is 319 g/mol. The standard InChI is InChI=1S/C25H37F/c1-18-5-7-19(8-6-18)20-9-11-21(12-10-20)22-13-15-23(16-14-22)24-3-2-4-25(26)17-24/h2-4,17-23H,5-16H2,1H3. The van der Waals surface area contributed by atoms with Crippen molar-refractivity contribution in [3.8, 4) is 0 Å². The first kappa shape index (κ1) is 18.5. The van der Waals surface area contributed by atoms with E-state index in [2.05, 4.69) is 13.0 Å². The lowest BCUT2D eigenvalue weighted by Gasteiger charge is -2.41. The van der Waals surface area contributed by atoms with E-state index in [1.165, 1.54) is 82.6 Å². The zero-order valence-corrected chi connectivity index (χ0v) is 16.6. The Balaban J connectivity index is 1.23. The van der Waals surface area contributed by atoms with E-state index in [9.17, 15) is 4.39 Å². The minimum absolute atomic E-state index is 0.0694. The first-order valence-electron chi connectivity index (χ1n) is 11.4. The van der Waals surface area contributed by atoms with Crippen molar-refractivity contribution in [3.05, 3.63) is 35.6 Å². The van der Waals surface area contributed by atoms with Gasteiger partial charge in [0.2, 0.25) is 0 Å². The van der Waals surface area contributed by atoms with E-state index in [1.807, 2.05) is 6.07 Å². The van der Waals surface area contributed by atoms with E-state index in [0.717, 1.165) is 29.6 Å². The van der Waals surface area contributed by atoms with E-state index in [4.69, 9.17) is 0 Å². The number of halogens is 1. The third kappa shape index (κ3) is 4.34. The highest BCUT2D eigenvalue weighted by Gasteiger charge is 2.34. The average Bonchev–Trinajstić information content (AvgIpc) is 2.69. The van der Waals surface area contributed by atoms with Gasteiger partial charge in [0.05, 0.1) is 0 Å². The zero-order chi connectivity index (χ0) is 17.9. The highest BCUT2D eigenvalue weighted by Crippen LogP contribution is 2.47. The van der Waals surface area contributed by atoms with Crippen LogP contribution in [0.1, 0.15) is 95.5 Å². The Labute approximate surface area is 160 Å². The van der Waals surface area contributed by atoms with Crippen LogP contribution in [0.4, 0.5) is 4.39 Å². The van der Waals surface area contributed by atoms with Crippen LogP contribution in [-0.4, -0.2) is 0 Å². The molecule has 0 atom stereocenters. The summed E-state index contributed by atoms with van der Waals surface area (Å²) in [4.78, 5) is 0. The summed E-state index contributed by atoms with van der Waals surface area (Å²) in [7, 11) is 0. The third-order valence-corrected chi connectivity index (χ3v) is 8.30. The van der Waals surface area contributed by atoms with Crippen LogP contribution in [0.15, 0.2) is 24.3 Å². The van der Waals surface area contributed by atoms with Gasteiger partial charge in [-0.25, -0.2) is 4.39 Å². The Hall–Kier alpha value is -0.850. The van der Waals surface area contributed by atoms with Gasteiger partial charge < -0.3 is 0 Å². The van der Waals surface area contributed by atoms with E-state index in [1.54, 1.807) is 12.1 Å². The molecule has 3 fully saturated rings. The molecule has 0 spiro atoms. The number of rotatable bonds is 3. The molecule has 1 heteroatoms. The largest absolute Gasteiger partial charge is 0.207 e. The Kier molecular flexibility index (Phi) is 6.01. The molecule has 0 N–H and O–H groups in total. The molecule has 0 heterocycles. The summed E-state index contributed by atoms with van der Waals surface area (Å²) in [5.74, 6) is 5.55. The topological polar surface area (TPSA) is 0 Å². The molecule has 0 radical (unpaired) electrons. The number of hydrogen-bond acceptors (Lipinski definition) is 0. The van der Waals surface area contributed by atoms with Gasteiger partial charge in [-0.3, -0.25) is 0 Å². The Bertz CT molecular complexity index is 555. The van der Waals surface area contributed by atoms with Gasteiger partial charge in [-0.2, -0.15) is 0 Å². The summed E-state index contributed by atoms with van der Waals surface area (Å²) in [6.07, 6.45) is 17.3. The van der Waals surface area contributed by atoms with Crippen LogP contribution in [0.5, 0.6) is 0 Å². The summed E-state index contributed by atoms with van der Waals surface area (Å²) < 4.78 is 13.5. The molecule has 0 amide bonds. The van der Waals surface area contributed by atoms with Gasteiger partial charge in [0.25, 0.3) is 0 Å². The highest BCUT2D eigenvalue weighted by atomic mass is 19.1. The van der Waals surface area contributed by atoms with Crippen LogP contribution in [0.25, 0.3) is 0 Å². The van der Waals surface area contributed by atoms with Gasteiger partial charge in [0, 0.05) is 0 Å². The van der Waals surface area contributed by atoms with Crippen LogP contribution in [-0.2, 0) is 0 Å². The highest BCUT2D eigenvalue weighted by molar-refractivity contribution is 5.21. The van der Waals surface area contributed by atoms with Crippen LogP contribution >= 0.6 is 0 Å². The Morgan fingerprint density at radius 1 is 0.654 bits per heavy atom. The molecule has 1 aromatic rings. The normalized spacial score (nSPS) is 38.8. The van der Waals surface area contributed by atoms with Crippen molar-refractivity contribution < 1.29 is 4.39 Å². The molecule has 1 aromatic carbocycles. The van der Waals surface area contributed by atoms with Crippen molar-refractivity contribution in [2.45, 2.75) is 89.9 Å². The predicted molar refractivity (Wildman–Crippen MR) is 108 cm³/mol. The second-order valence-corrected chi connectivity index (χ2v) is 9.86. The monoisotopic (exact) mass is 356 g/mol. The van der Waals surface area contributed by atoms with Gasteiger partial charge in [0.1, 0.15) is 5.82 Å². The third-order valence-electron chi connectivity index (χ3n) is 8.30. The molecule has 144 valence electrons. The smallest absolute Gasteiger partial charge is 0.123 e. The molecular formula is C25H37F. The lowest BCUT2D eigenvalue weighted by molar-refractivity contribution is 0.112. The van der Waals surface area contributed by atoms with Crippen molar-refractivity contribution in [1.82, 2.24) is 0 Å². The molecule has 4 rings (SSSR count). The molecule has 3 aliphatic carbocycles. The van der Waals surface area contributed by atoms with Crippen LogP contribution < -0.4 is 0 Å². The van der Waals surface area contributed by atoms with E-state index in [-0.39, 0.29) is 5.82 Å². The minimum atomic E-state index is -0.0694. The van der Waals surface area contributed by atoms with Gasteiger partial charge in [-0.15, -0.1) is 0 Å².